The van der Waals surface area contributed by atoms with Crippen molar-refractivity contribution in [3.05, 3.63) is 42.5 Å². The van der Waals surface area contributed by atoms with Crippen molar-refractivity contribution in [3.63, 3.8) is 0 Å². The zero-order chi connectivity index (χ0) is 14.7. The third-order valence-corrected chi connectivity index (χ3v) is 3.93. The first kappa shape index (κ1) is 19.4. The standard InChI is InChI=1S/C15H19N5O.2ClH/c16-15(5-1-2-6-15)14(21)19-13-9-18-20(11-13)10-12-3-7-17-8-4-12;;/h3-4,7-9,11H,1-2,5-6,10,16H2,(H,19,21);2*1H. The predicted molar refractivity (Wildman–Crippen MR) is 94.1 cm³/mol. The molecule has 2 aromatic rings. The molecule has 3 N–H and O–H groups in total. The van der Waals surface area contributed by atoms with Crippen LogP contribution in [0.2, 0.25) is 0 Å². The fourth-order valence-electron chi connectivity index (χ4n) is 2.68. The molecule has 1 fully saturated rings. The Balaban J connectivity index is 0.00000132. The molecule has 1 saturated carbocycles. The molecule has 1 aliphatic carbocycles. The van der Waals surface area contributed by atoms with Crippen molar-refractivity contribution in [3.8, 4) is 0 Å². The molecule has 0 radical (unpaired) electrons. The SMILES string of the molecule is Cl.Cl.NC1(C(=O)Nc2cnn(Cc3ccncc3)c2)CCCC1. The number of halogens is 2. The summed E-state index contributed by atoms with van der Waals surface area (Å²) >= 11 is 0. The Morgan fingerprint density at radius 1 is 1.26 bits per heavy atom. The molecule has 2 heterocycles. The number of amides is 1. The van der Waals surface area contributed by atoms with E-state index in [1.807, 2.05) is 18.3 Å². The van der Waals surface area contributed by atoms with Gasteiger partial charge < -0.3 is 11.1 Å². The third-order valence-electron chi connectivity index (χ3n) is 3.93. The Kier molecular flexibility index (Phi) is 7.00. The van der Waals surface area contributed by atoms with Crippen LogP contribution in [0.1, 0.15) is 31.2 Å². The molecular weight excluding hydrogens is 337 g/mol. The number of aromatic nitrogens is 3. The van der Waals surface area contributed by atoms with Crippen LogP contribution in [0.3, 0.4) is 0 Å². The molecule has 1 aliphatic rings. The Morgan fingerprint density at radius 3 is 2.57 bits per heavy atom. The fraction of sp³-hybridized carbons (Fsp3) is 0.400. The highest BCUT2D eigenvalue weighted by Crippen LogP contribution is 2.28. The van der Waals surface area contributed by atoms with Gasteiger partial charge in [0.05, 0.1) is 24.0 Å². The van der Waals surface area contributed by atoms with Gasteiger partial charge in [-0.2, -0.15) is 5.10 Å². The summed E-state index contributed by atoms with van der Waals surface area (Å²) in [7, 11) is 0. The second-order valence-electron chi connectivity index (χ2n) is 5.60. The van der Waals surface area contributed by atoms with E-state index in [9.17, 15) is 4.79 Å². The summed E-state index contributed by atoms with van der Waals surface area (Å²) in [5, 5.41) is 7.13. The van der Waals surface area contributed by atoms with E-state index in [1.165, 1.54) is 0 Å². The van der Waals surface area contributed by atoms with E-state index >= 15 is 0 Å². The van der Waals surface area contributed by atoms with Crippen molar-refractivity contribution in [2.24, 2.45) is 5.73 Å². The van der Waals surface area contributed by atoms with Crippen LogP contribution in [0.25, 0.3) is 0 Å². The molecule has 6 nitrogen and oxygen atoms in total. The minimum atomic E-state index is -0.715. The quantitative estimate of drug-likeness (QED) is 0.879. The number of nitrogens with one attached hydrogen (secondary N) is 1. The van der Waals surface area contributed by atoms with Crippen LogP contribution in [0.5, 0.6) is 0 Å². The number of nitrogens with zero attached hydrogens (tertiary/aromatic N) is 3. The van der Waals surface area contributed by atoms with Crippen LogP contribution in [0.4, 0.5) is 5.69 Å². The molecule has 0 saturated heterocycles. The van der Waals surface area contributed by atoms with Crippen molar-refractivity contribution < 1.29 is 4.79 Å². The molecule has 2 aromatic heterocycles. The lowest BCUT2D eigenvalue weighted by Crippen LogP contribution is -2.48. The number of carbonyl (C=O) groups excluding carboxylic acids is 1. The molecule has 0 aliphatic heterocycles. The van der Waals surface area contributed by atoms with Crippen LogP contribution in [-0.4, -0.2) is 26.2 Å². The Bertz CT molecular complexity index is 626. The van der Waals surface area contributed by atoms with E-state index < -0.39 is 5.54 Å². The van der Waals surface area contributed by atoms with Crippen molar-refractivity contribution in [1.82, 2.24) is 14.8 Å². The molecular formula is C15H21Cl2N5O. The molecule has 3 rings (SSSR count). The smallest absolute Gasteiger partial charge is 0.244 e. The number of nitrogens with two attached hydrogens (primary N) is 1. The first-order valence-corrected chi connectivity index (χ1v) is 7.17. The monoisotopic (exact) mass is 357 g/mol. The second kappa shape index (κ2) is 8.29. The molecule has 0 aromatic carbocycles. The molecule has 0 bridgehead atoms. The molecule has 8 heteroatoms. The maximum atomic E-state index is 12.2. The summed E-state index contributed by atoms with van der Waals surface area (Å²) in [6, 6.07) is 3.88. The first-order valence-electron chi connectivity index (χ1n) is 7.17. The molecule has 0 atom stereocenters. The summed E-state index contributed by atoms with van der Waals surface area (Å²) in [5.74, 6) is -0.108. The average molecular weight is 358 g/mol. The number of rotatable bonds is 4. The van der Waals surface area contributed by atoms with Crippen LogP contribution >= 0.6 is 24.8 Å². The van der Waals surface area contributed by atoms with Gasteiger partial charge in [0, 0.05) is 18.6 Å². The topological polar surface area (TPSA) is 85.8 Å². The molecule has 126 valence electrons. The normalized spacial score (nSPS) is 15.3. The van der Waals surface area contributed by atoms with Gasteiger partial charge in [-0.15, -0.1) is 24.8 Å². The number of hydrogen-bond acceptors (Lipinski definition) is 4. The van der Waals surface area contributed by atoms with Crippen LogP contribution in [0.15, 0.2) is 36.9 Å². The van der Waals surface area contributed by atoms with Gasteiger partial charge in [-0.25, -0.2) is 0 Å². The minimum Gasteiger partial charge on any atom is -0.322 e. The zero-order valence-electron chi connectivity index (χ0n) is 12.6. The Labute approximate surface area is 147 Å². The maximum Gasteiger partial charge on any atom is 0.244 e. The van der Waals surface area contributed by atoms with Gasteiger partial charge in [-0.1, -0.05) is 12.8 Å². The van der Waals surface area contributed by atoms with E-state index in [2.05, 4.69) is 15.4 Å². The van der Waals surface area contributed by atoms with Crippen molar-refractivity contribution in [1.29, 1.82) is 0 Å². The number of pyridine rings is 1. The highest BCUT2D eigenvalue weighted by atomic mass is 35.5. The lowest BCUT2D eigenvalue weighted by atomic mass is 9.98. The van der Waals surface area contributed by atoms with E-state index in [0.717, 1.165) is 31.2 Å². The van der Waals surface area contributed by atoms with Gasteiger partial charge in [0.25, 0.3) is 0 Å². The lowest BCUT2D eigenvalue weighted by Gasteiger charge is -2.21. The molecule has 0 unspecified atom stereocenters. The van der Waals surface area contributed by atoms with E-state index in [1.54, 1.807) is 23.3 Å². The fourth-order valence-corrected chi connectivity index (χ4v) is 2.68. The van der Waals surface area contributed by atoms with E-state index in [-0.39, 0.29) is 30.7 Å². The summed E-state index contributed by atoms with van der Waals surface area (Å²) in [6.07, 6.45) is 10.5. The highest BCUT2D eigenvalue weighted by molar-refractivity contribution is 5.97. The van der Waals surface area contributed by atoms with Gasteiger partial charge >= 0.3 is 0 Å². The highest BCUT2D eigenvalue weighted by Gasteiger charge is 2.37. The zero-order valence-corrected chi connectivity index (χ0v) is 14.3. The molecule has 23 heavy (non-hydrogen) atoms. The van der Waals surface area contributed by atoms with Crippen LogP contribution in [0, 0.1) is 0 Å². The Hall–Kier alpha value is -1.63. The summed E-state index contributed by atoms with van der Waals surface area (Å²) in [5.41, 5.74) is 7.21. The van der Waals surface area contributed by atoms with Crippen LogP contribution < -0.4 is 11.1 Å². The summed E-state index contributed by atoms with van der Waals surface area (Å²) in [6.45, 7) is 0.645. The first-order chi connectivity index (χ1) is 10.2. The minimum absolute atomic E-state index is 0. The molecule has 0 spiro atoms. The van der Waals surface area contributed by atoms with Gasteiger partial charge in [-0.05, 0) is 30.5 Å². The van der Waals surface area contributed by atoms with Gasteiger partial charge in [0.2, 0.25) is 5.91 Å². The van der Waals surface area contributed by atoms with E-state index in [4.69, 9.17) is 5.73 Å². The summed E-state index contributed by atoms with van der Waals surface area (Å²) < 4.78 is 1.78. The Morgan fingerprint density at radius 2 is 1.91 bits per heavy atom. The summed E-state index contributed by atoms with van der Waals surface area (Å²) in [4.78, 5) is 16.2. The van der Waals surface area contributed by atoms with Crippen LogP contribution in [-0.2, 0) is 11.3 Å². The van der Waals surface area contributed by atoms with Crippen molar-refractivity contribution in [2.75, 3.05) is 5.32 Å². The number of carbonyl (C=O) groups is 1. The number of hydrogen-bond donors (Lipinski definition) is 2. The van der Waals surface area contributed by atoms with Gasteiger partial charge in [-0.3, -0.25) is 14.5 Å². The average Bonchev–Trinajstić information content (AvgIpc) is 3.10. The van der Waals surface area contributed by atoms with Crippen molar-refractivity contribution in [2.45, 2.75) is 37.8 Å². The largest absolute Gasteiger partial charge is 0.322 e. The number of anilines is 1. The molecule has 1 amide bonds. The van der Waals surface area contributed by atoms with E-state index in [0.29, 0.717) is 12.2 Å². The predicted octanol–water partition coefficient (Wildman–Crippen LogP) is 2.38. The maximum absolute atomic E-state index is 12.2. The lowest BCUT2D eigenvalue weighted by molar-refractivity contribution is -0.121. The van der Waals surface area contributed by atoms with Gasteiger partial charge in [0.1, 0.15) is 0 Å². The third kappa shape index (κ3) is 4.67. The second-order valence-corrected chi connectivity index (χ2v) is 5.60. The van der Waals surface area contributed by atoms with Gasteiger partial charge in [0.15, 0.2) is 0 Å². The van der Waals surface area contributed by atoms with Crippen molar-refractivity contribution >= 4 is 36.4 Å².